The zero-order valence-corrected chi connectivity index (χ0v) is 17.7. The second kappa shape index (κ2) is 10.8. The highest BCUT2D eigenvalue weighted by molar-refractivity contribution is 5.79. The number of halogens is 2. The quantitative estimate of drug-likeness (QED) is 0.726. The van der Waals surface area contributed by atoms with Crippen LogP contribution in [0, 0.1) is 11.6 Å². The maximum absolute atomic E-state index is 13.8. The number of likely N-dealkylation sites (tertiary alicyclic amines) is 1. The van der Waals surface area contributed by atoms with E-state index in [1.165, 1.54) is 18.2 Å². The number of rotatable bonds is 7. The normalized spacial score (nSPS) is 19.5. The zero-order chi connectivity index (χ0) is 21.5. The SMILES string of the molecule is CC(Cc1c(F)cccc1F)NC(=O)CN1CCCN(CC(=O)N2CCCC2)CC1. The summed E-state index contributed by atoms with van der Waals surface area (Å²) in [4.78, 5) is 31.0. The van der Waals surface area contributed by atoms with Gasteiger partial charge in [-0.25, -0.2) is 8.78 Å². The van der Waals surface area contributed by atoms with E-state index in [1.807, 2.05) is 4.90 Å². The molecular formula is C22H32F2N4O2. The molecule has 2 amide bonds. The van der Waals surface area contributed by atoms with Crippen molar-refractivity contribution in [3.63, 3.8) is 0 Å². The average Bonchev–Trinajstić information content (AvgIpc) is 3.15. The highest BCUT2D eigenvalue weighted by Gasteiger charge is 2.23. The molecule has 6 nitrogen and oxygen atoms in total. The molecule has 2 saturated heterocycles. The number of hydrogen-bond donors (Lipinski definition) is 1. The molecule has 3 rings (SSSR count). The summed E-state index contributed by atoms with van der Waals surface area (Å²) >= 11 is 0. The number of amides is 2. The first kappa shape index (κ1) is 22.6. The molecule has 8 heteroatoms. The second-order valence-corrected chi connectivity index (χ2v) is 8.37. The fourth-order valence-corrected chi connectivity index (χ4v) is 4.21. The largest absolute Gasteiger partial charge is 0.352 e. The third-order valence-electron chi connectivity index (χ3n) is 5.85. The van der Waals surface area contributed by atoms with Crippen LogP contribution in [-0.2, 0) is 16.0 Å². The van der Waals surface area contributed by atoms with Gasteiger partial charge in [-0.1, -0.05) is 6.07 Å². The van der Waals surface area contributed by atoms with Gasteiger partial charge in [-0.05, 0) is 57.8 Å². The molecular weight excluding hydrogens is 390 g/mol. The lowest BCUT2D eigenvalue weighted by Crippen LogP contribution is -2.43. The molecule has 0 aliphatic carbocycles. The maximum atomic E-state index is 13.8. The van der Waals surface area contributed by atoms with Crippen LogP contribution in [0.5, 0.6) is 0 Å². The van der Waals surface area contributed by atoms with Gasteiger partial charge in [0.25, 0.3) is 0 Å². The average molecular weight is 423 g/mol. The maximum Gasteiger partial charge on any atom is 0.236 e. The summed E-state index contributed by atoms with van der Waals surface area (Å²) in [6.07, 6.45) is 3.19. The molecule has 2 aliphatic rings. The molecule has 0 radical (unpaired) electrons. The number of benzene rings is 1. The Kier molecular flexibility index (Phi) is 8.16. The lowest BCUT2D eigenvalue weighted by molar-refractivity contribution is -0.131. The van der Waals surface area contributed by atoms with Crippen LogP contribution in [0.2, 0.25) is 0 Å². The van der Waals surface area contributed by atoms with Crippen LogP contribution < -0.4 is 5.32 Å². The van der Waals surface area contributed by atoms with E-state index in [1.54, 1.807) is 6.92 Å². The summed E-state index contributed by atoms with van der Waals surface area (Å²) in [7, 11) is 0. The predicted octanol–water partition coefficient (Wildman–Crippen LogP) is 1.64. The molecule has 0 saturated carbocycles. The topological polar surface area (TPSA) is 55.9 Å². The smallest absolute Gasteiger partial charge is 0.236 e. The van der Waals surface area contributed by atoms with E-state index in [2.05, 4.69) is 15.1 Å². The van der Waals surface area contributed by atoms with Gasteiger partial charge < -0.3 is 10.2 Å². The molecule has 30 heavy (non-hydrogen) atoms. The highest BCUT2D eigenvalue weighted by atomic mass is 19.1. The summed E-state index contributed by atoms with van der Waals surface area (Å²) < 4.78 is 27.6. The van der Waals surface area contributed by atoms with Gasteiger partial charge >= 0.3 is 0 Å². The van der Waals surface area contributed by atoms with Crippen molar-refractivity contribution in [3.05, 3.63) is 35.4 Å². The Morgan fingerprint density at radius 1 is 0.933 bits per heavy atom. The van der Waals surface area contributed by atoms with Crippen LogP contribution in [0.25, 0.3) is 0 Å². The number of nitrogens with one attached hydrogen (secondary N) is 1. The van der Waals surface area contributed by atoms with E-state index in [4.69, 9.17) is 0 Å². The van der Waals surface area contributed by atoms with Crippen molar-refractivity contribution in [3.8, 4) is 0 Å². The van der Waals surface area contributed by atoms with Gasteiger partial charge in [0.1, 0.15) is 11.6 Å². The number of carbonyl (C=O) groups is 2. The van der Waals surface area contributed by atoms with E-state index in [0.717, 1.165) is 58.5 Å². The van der Waals surface area contributed by atoms with Crippen molar-refractivity contribution in [2.45, 2.75) is 38.6 Å². The summed E-state index contributed by atoms with van der Waals surface area (Å²) in [5.41, 5.74) is -0.00150. The first-order valence-corrected chi connectivity index (χ1v) is 10.9. The third kappa shape index (κ3) is 6.47. The molecule has 1 unspecified atom stereocenters. The summed E-state index contributed by atoms with van der Waals surface area (Å²) in [5.74, 6) is -1.13. The van der Waals surface area contributed by atoms with Crippen molar-refractivity contribution in [1.82, 2.24) is 20.0 Å². The lowest BCUT2D eigenvalue weighted by Gasteiger charge is -2.24. The van der Waals surface area contributed by atoms with Crippen LogP contribution in [-0.4, -0.2) is 84.9 Å². The minimum atomic E-state index is -0.591. The summed E-state index contributed by atoms with van der Waals surface area (Å²) in [6, 6.07) is 3.42. The standard InChI is InChI=1S/C22H32F2N4O2/c1-17(14-18-19(23)6-4-7-20(18)24)25-21(29)15-26-8-5-9-27(13-12-26)16-22(30)28-10-2-3-11-28/h4,6-7,17H,2-3,5,8-16H2,1H3,(H,25,29). The zero-order valence-electron chi connectivity index (χ0n) is 17.7. The van der Waals surface area contributed by atoms with Crippen LogP contribution in [0.1, 0.15) is 31.7 Å². The molecule has 0 aromatic heterocycles. The van der Waals surface area contributed by atoms with Crippen molar-refractivity contribution < 1.29 is 18.4 Å². The molecule has 2 fully saturated rings. The highest BCUT2D eigenvalue weighted by Crippen LogP contribution is 2.14. The van der Waals surface area contributed by atoms with E-state index >= 15 is 0 Å². The van der Waals surface area contributed by atoms with Crippen LogP contribution >= 0.6 is 0 Å². The van der Waals surface area contributed by atoms with Crippen LogP contribution in [0.4, 0.5) is 8.78 Å². The Labute approximate surface area is 177 Å². The molecule has 1 aromatic carbocycles. The molecule has 1 atom stereocenters. The molecule has 1 N–H and O–H groups in total. The fraction of sp³-hybridized carbons (Fsp3) is 0.636. The molecule has 1 aromatic rings. The predicted molar refractivity (Wildman–Crippen MR) is 111 cm³/mol. The number of hydrogen-bond acceptors (Lipinski definition) is 4. The van der Waals surface area contributed by atoms with Crippen molar-refractivity contribution >= 4 is 11.8 Å². The number of carbonyl (C=O) groups excluding carboxylic acids is 2. The monoisotopic (exact) mass is 422 g/mol. The Morgan fingerprint density at radius 3 is 2.17 bits per heavy atom. The molecule has 2 heterocycles. The molecule has 0 bridgehead atoms. The molecule has 2 aliphatic heterocycles. The van der Waals surface area contributed by atoms with E-state index < -0.39 is 11.6 Å². The lowest BCUT2D eigenvalue weighted by atomic mass is 10.1. The minimum Gasteiger partial charge on any atom is -0.352 e. The van der Waals surface area contributed by atoms with Gasteiger partial charge in [-0.2, -0.15) is 0 Å². The Bertz CT molecular complexity index is 720. The molecule has 166 valence electrons. The second-order valence-electron chi connectivity index (χ2n) is 8.37. The minimum absolute atomic E-state index is 0.00150. The van der Waals surface area contributed by atoms with Gasteiger partial charge in [0.2, 0.25) is 11.8 Å². The van der Waals surface area contributed by atoms with Gasteiger partial charge in [0.15, 0.2) is 0 Å². The van der Waals surface area contributed by atoms with Crippen molar-refractivity contribution in [2.75, 3.05) is 52.4 Å². The Balaban J connectivity index is 1.41. The van der Waals surface area contributed by atoms with E-state index in [9.17, 15) is 18.4 Å². The first-order valence-electron chi connectivity index (χ1n) is 10.9. The van der Waals surface area contributed by atoms with Gasteiger partial charge in [0.05, 0.1) is 13.1 Å². The number of nitrogens with zero attached hydrogens (tertiary/aromatic N) is 3. The van der Waals surface area contributed by atoms with E-state index in [0.29, 0.717) is 6.54 Å². The fourth-order valence-electron chi connectivity index (χ4n) is 4.21. The van der Waals surface area contributed by atoms with Crippen molar-refractivity contribution in [2.24, 2.45) is 0 Å². The van der Waals surface area contributed by atoms with Gasteiger partial charge in [0, 0.05) is 37.8 Å². The third-order valence-corrected chi connectivity index (χ3v) is 5.85. The van der Waals surface area contributed by atoms with Crippen LogP contribution in [0.3, 0.4) is 0 Å². The van der Waals surface area contributed by atoms with Gasteiger partial charge in [-0.15, -0.1) is 0 Å². The van der Waals surface area contributed by atoms with Gasteiger partial charge in [-0.3, -0.25) is 19.4 Å². The molecule has 0 spiro atoms. The Morgan fingerprint density at radius 2 is 1.53 bits per heavy atom. The van der Waals surface area contributed by atoms with E-state index in [-0.39, 0.29) is 36.4 Å². The van der Waals surface area contributed by atoms with Crippen molar-refractivity contribution in [1.29, 1.82) is 0 Å². The summed E-state index contributed by atoms with van der Waals surface area (Å²) in [5, 5.41) is 2.84. The first-order chi connectivity index (χ1) is 14.4. The summed E-state index contributed by atoms with van der Waals surface area (Å²) in [6.45, 7) is 7.29. The van der Waals surface area contributed by atoms with Crippen LogP contribution in [0.15, 0.2) is 18.2 Å². The Hall–Kier alpha value is -2.06.